The number of allylic oxidation sites excluding steroid dienone is 1. The van der Waals surface area contributed by atoms with Crippen molar-refractivity contribution < 1.29 is 4.79 Å². The van der Waals surface area contributed by atoms with Crippen LogP contribution in [-0.2, 0) is 4.79 Å². The highest BCUT2D eigenvalue weighted by atomic mass is 35.5. The Balaban J connectivity index is 2.62. The number of rotatable bonds is 4. The molecular formula is C12H11Cl3OS. The van der Waals surface area contributed by atoms with E-state index in [1.54, 1.807) is 19.1 Å². The molecule has 1 rings (SSSR count). The van der Waals surface area contributed by atoms with Crippen LogP contribution in [-0.4, -0.2) is 10.9 Å². The summed E-state index contributed by atoms with van der Waals surface area (Å²) in [6.45, 7) is 1.56. The Morgan fingerprint density at radius 1 is 1.35 bits per heavy atom. The van der Waals surface area contributed by atoms with Gasteiger partial charge >= 0.3 is 0 Å². The molecule has 0 saturated heterocycles. The van der Waals surface area contributed by atoms with Crippen molar-refractivity contribution in [1.29, 1.82) is 0 Å². The van der Waals surface area contributed by atoms with E-state index in [0.29, 0.717) is 15.1 Å². The fourth-order valence-electron chi connectivity index (χ4n) is 1.18. The molecule has 5 heteroatoms. The smallest absolute Gasteiger partial charge is 0.185 e. The monoisotopic (exact) mass is 308 g/mol. The van der Waals surface area contributed by atoms with Gasteiger partial charge in [0.15, 0.2) is 5.12 Å². The fraction of sp³-hybridized carbons (Fsp3) is 0.250. The third-order valence-corrected chi connectivity index (χ3v) is 3.79. The zero-order valence-corrected chi connectivity index (χ0v) is 12.3. The van der Waals surface area contributed by atoms with Crippen LogP contribution >= 0.6 is 46.6 Å². The lowest BCUT2D eigenvalue weighted by Gasteiger charge is -2.02. The molecule has 92 valence electrons. The zero-order chi connectivity index (χ0) is 12.8. The molecule has 0 saturated carbocycles. The minimum atomic E-state index is 0.127. The minimum absolute atomic E-state index is 0.127. The third kappa shape index (κ3) is 5.35. The molecule has 0 aromatic heterocycles. The number of halogens is 3. The molecule has 0 unspecified atom stereocenters. The van der Waals surface area contributed by atoms with Gasteiger partial charge in [0.2, 0.25) is 0 Å². The average molecular weight is 310 g/mol. The van der Waals surface area contributed by atoms with Crippen LogP contribution < -0.4 is 0 Å². The van der Waals surface area contributed by atoms with Crippen LogP contribution in [0, 0.1) is 0 Å². The summed E-state index contributed by atoms with van der Waals surface area (Å²) >= 11 is 19.1. The lowest BCUT2D eigenvalue weighted by Crippen LogP contribution is -1.84. The normalized spacial score (nSPS) is 11.1. The summed E-state index contributed by atoms with van der Waals surface area (Å²) in [5.41, 5.74) is 0.789. The number of carbonyl (C=O) groups is 1. The molecule has 1 nitrogen and oxygen atoms in total. The van der Waals surface area contributed by atoms with Gasteiger partial charge in [-0.05, 0) is 24.1 Å². The first-order valence-electron chi connectivity index (χ1n) is 4.95. The van der Waals surface area contributed by atoms with Crippen LogP contribution in [0.5, 0.6) is 0 Å². The summed E-state index contributed by atoms with van der Waals surface area (Å²) in [5.74, 6) is 0.762. The van der Waals surface area contributed by atoms with E-state index in [0.717, 1.165) is 17.7 Å². The standard InChI is InChI=1S/C12H11Cl3OS/c1-8(16)17-5-3-2-4-9-6-10(13)7-11(14)12(9)15/h2,4,6-7H,3,5H2,1H3. The van der Waals surface area contributed by atoms with E-state index in [-0.39, 0.29) is 5.12 Å². The van der Waals surface area contributed by atoms with Crippen molar-refractivity contribution >= 4 is 57.8 Å². The third-order valence-electron chi connectivity index (χ3n) is 1.91. The second-order valence-corrected chi connectivity index (χ2v) is 5.82. The van der Waals surface area contributed by atoms with Crippen LogP contribution in [0.3, 0.4) is 0 Å². The molecular weight excluding hydrogens is 299 g/mol. The van der Waals surface area contributed by atoms with Gasteiger partial charge < -0.3 is 0 Å². The molecule has 1 aromatic rings. The maximum Gasteiger partial charge on any atom is 0.185 e. The summed E-state index contributed by atoms with van der Waals surface area (Å²) in [4.78, 5) is 10.7. The van der Waals surface area contributed by atoms with Crippen LogP contribution in [0.4, 0.5) is 0 Å². The predicted molar refractivity (Wildman–Crippen MR) is 78.3 cm³/mol. The second kappa shape index (κ2) is 7.32. The zero-order valence-electron chi connectivity index (χ0n) is 9.17. The van der Waals surface area contributed by atoms with Gasteiger partial charge in [-0.25, -0.2) is 0 Å². The van der Waals surface area contributed by atoms with E-state index in [1.165, 1.54) is 11.8 Å². The Morgan fingerprint density at radius 2 is 2.06 bits per heavy atom. The Bertz CT molecular complexity index is 444. The maximum atomic E-state index is 10.7. The molecule has 0 atom stereocenters. The predicted octanol–water partition coefficient (Wildman–Crippen LogP) is 5.33. The van der Waals surface area contributed by atoms with E-state index >= 15 is 0 Å². The lowest BCUT2D eigenvalue weighted by atomic mass is 10.2. The van der Waals surface area contributed by atoms with Crippen LogP contribution in [0.15, 0.2) is 18.2 Å². The number of carbonyl (C=O) groups excluding carboxylic acids is 1. The van der Waals surface area contributed by atoms with Crippen LogP contribution in [0.25, 0.3) is 6.08 Å². The summed E-state index contributed by atoms with van der Waals surface area (Å²) in [6, 6.07) is 3.36. The first-order chi connectivity index (χ1) is 8.00. The van der Waals surface area contributed by atoms with Gasteiger partial charge in [0, 0.05) is 17.7 Å². The minimum Gasteiger partial charge on any atom is -0.288 e. The SMILES string of the molecule is CC(=O)SCCC=Cc1cc(Cl)cc(Cl)c1Cl. The maximum absolute atomic E-state index is 10.7. The number of hydrogen-bond acceptors (Lipinski definition) is 2. The van der Waals surface area contributed by atoms with E-state index in [4.69, 9.17) is 34.8 Å². The molecule has 0 aliphatic carbocycles. The van der Waals surface area contributed by atoms with Crippen molar-refractivity contribution in [2.45, 2.75) is 13.3 Å². The van der Waals surface area contributed by atoms with Gasteiger partial charge in [0.1, 0.15) is 0 Å². The lowest BCUT2D eigenvalue weighted by molar-refractivity contribution is -0.109. The first kappa shape index (κ1) is 14.9. The quantitative estimate of drug-likeness (QED) is 0.552. The molecule has 0 fully saturated rings. The highest BCUT2D eigenvalue weighted by Crippen LogP contribution is 2.30. The molecule has 0 aliphatic rings. The van der Waals surface area contributed by atoms with Crippen molar-refractivity contribution in [3.05, 3.63) is 38.8 Å². The fourth-order valence-corrected chi connectivity index (χ4v) is 2.40. The number of hydrogen-bond donors (Lipinski definition) is 0. The molecule has 0 amide bonds. The van der Waals surface area contributed by atoms with Gasteiger partial charge in [0.05, 0.1) is 10.0 Å². The highest BCUT2D eigenvalue weighted by Gasteiger charge is 2.04. The molecule has 0 bridgehead atoms. The van der Waals surface area contributed by atoms with Crippen LogP contribution in [0.2, 0.25) is 15.1 Å². The summed E-state index contributed by atoms with van der Waals surface area (Å²) < 4.78 is 0. The van der Waals surface area contributed by atoms with Crippen molar-refractivity contribution in [3.63, 3.8) is 0 Å². The van der Waals surface area contributed by atoms with Crippen molar-refractivity contribution in [1.82, 2.24) is 0 Å². The molecule has 1 aromatic carbocycles. The number of benzene rings is 1. The summed E-state index contributed by atoms with van der Waals surface area (Å²) in [6.07, 6.45) is 4.61. The van der Waals surface area contributed by atoms with E-state index in [9.17, 15) is 4.79 Å². The Kier molecular flexibility index (Phi) is 6.42. The first-order valence-corrected chi connectivity index (χ1v) is 7.07. The van der Waals surface area contributed by atoms with E-state index in [2.05, 4.69) is 0 Å². The molecule has 0 aliphatic heterocycles. The summed E-state index contributed by atoms with van der Waals surface area (Å²) in [7, 11) is 0. The second-order valence-electron chi connectivity index (χ2n) is 3.32. The van der Waals surface area contributed by atoms with Crippen molar-refractivity contribution in [3.8, 4) is 0 Å². The molecule has 0 heterocycles. The van der Waals surface area contributed by atoms with Crippen LogP contribution in [0.1, 0.15) is 18.9 Å². The Labute approximate surface area is 120 Å². The largest absolute Gasteiger partial charge is 0.288 e. The highest BCUT2D eigenvalue weighted by molar-refractivity contribution is 8.13. The molecule has 0 spiro atoms. The Morgan fingerprint density at radius 3 is 2.71 bits per heavy atom. The Hall–Kier alpha value is -0.150. The molecule has 17 heavy (non-hydrogen) atoms. The average Bonchev–Trinajstić information content (AvgIpc) is 2.23. The van der Waals surface area contributed by atoms with Gasteiger partial charge in [-0.2, -0.15) is 0 Å². The van der Waals surface area contributed by atoms with Gasteiger partial charge in [0.25, 0.3) is 0 Å². The van der Waals surface area contributed by atoms with Gasteiger partial charge in [-0.15, -0.1) is 0 Å². The topological polar surface area (TPSA) is 17.1 Å². The van der Waals surface area contributed by atoms with E-state index < -0.39 is 0 Å². The van der Waals surface area contributed by atoms with Gasteiger partial charge in [-0.3, -0.25) is 4.79 Å². The summed E-state index contributed by atoms with van der Waals surface area (Å²) in [5, 5.41) is 1.61. The van der Waals surface area contributed by atoms with E-state index in [1.807, 2.05) is 12.2 Å². The van der Waals surface area contributed by atoms with Crippen molar-refractivity contribution in [2.24, 2.45) is 0 Å². The molecule has 0 radical (unpaired) electrons. The molecule has 0 N–H and O–H groups in total. The number of thioether (sulfide) groups is 1. The van der Waals surface area contributed by atoms with Crippen molar-refractivity contribution in [2.75, 3.05) is 5.75 Å². The van der Waals surface area contributed by atoms with Gasteiger partial charge in [-0.1, -0.05) is 58.7 Å².